The van der Waals surface area contributed by atoms with Gasteiger partial charge in [-0.05, 0) is 42.8 Å². The zero-order valence-electron chi connectivity index (χ0n) is 23.9. The molecule has 0 aromatic heterocycles. The summed E-state index contributed by atoms with van der Waals surface area (Å²) < 4.78 is 18.2. The highest BCUT2D eigenvalue weighted by molar-refractivity contribution is 5.84. The molecule has 1 aliphatic rings. The highest BCUT2D eigenvalue weighted by Gasteiger charge is 2.39. The van der Waals surface area contributed by atoms with Gasteiger partial charge in [0.2, 0.25) is 0 Å². The van der Waals surface area contributed by atoms with Gasteiger partial charge >= 0.3 is 6.09 Å². The van der Waals surface area contributed by atoms with Gasteiger partial charge in [-0.3, -0.25) is 10.2 Å². The number of nitrogens with one attached hydrogen (secondary N) is 1. The number of amides is 1. The number of benzene rings is 3. The lowest BCUT2D eigenvalue weighted by molar-refractivity contribution is -0.276. The number of ether oxygens (including phenoxy) is 3. The van der Waals surface area contributed by atoms with Crippen molar-refractivity contribution < 1.29 is 29.2 Å². The first-order chi connectivity index (χ1) is 19.8. The number of hydrogen-bond acceptors (Lipinski definition) is 7. The molecule has 1 fully saturated rings. The number of carbonyl (C=O) groups is 1. The summed E-state index contributed by atoms with van der Waals surface area (Å²) in [6.45, 7) is 8.31. The first-order valence-corrected chi connectivity index (χ1v) is 13.9. The maximum absolute atomic E-state index is 12.1. The number of likely N-dealkylation sites (N-methyl/N-ethyl adjacent to an activating group) is 1. The van der Waals surface area contributed by atoms with Crippen LogP contribution in [0.5, 0.6) is 0 Å². The molecule has 3 aromatic rings. The number of aliphatic hydroxyl groups is 2. The standard InChI is InChI=1S/C33H40N2O6/c1-5-18-39-33(38)34-28-13-9-12-27(19-28)32-40-29(20-35(4)23(3)30(37)25-10-7-6-8-11-25)22(2)31(41-32)26-16-14-24(21-36)15-17-26/h5-17,19,22-23,29-32,36-37H,1,18,20-21H2,2-4H3,(H,34,38)/t22-,23-,29+,30-,31+,32+/m0/s1. The first kappa shape index (κ1) is 30.4. The highest BCUT2D eigenvalue weighted by Crippen LogP contribution is 2.42. The maximum atomic E-state index is 12.1. The summed E-state index contributed by atoms with van der Waals surface area (Å²) in [5.74, 6) is -0.0232. The lowest BCUT2D eigenvalue weighted by atomic mass is 9.89. The predicted octanol–water partition coefficient (Wildman–Crippen LogP) is 5.76. The molecule has 1 heterocycles. The van der Waals surface area contributed by atoms with E-state index in [2.05, 4.69) is 23.7 Å². The fourth-order valence-electron chi connectivity index (χ4n) is 5.00. The lowest BCUT2D eigenvalue weighted by Crippen LogP contribution is -2.46. The van der Waals surface area contributed by atoms with Crippen molar-refractivity contribution in [3.05, 3.63) is 114 Å². The quantitative estimate of drug-likeness (QED) is 0.257. The van der Waals surface area contributed by atoms with Crippen molar-refractivity contribution in [2.45, 2.75) is 51.1 Å². The molecule has 0 spiro atoms. The third kappa shape index (κ3) is 7.81. The number of aliphatic hydroxyl groups excluding tert-OH is 2. The van der Waals surface area contributed by atoms with Crippen LogP contribution in [-0.2, 0) is 20.8 Å². The maximum Gasteiger partial charge on any atom is 0.411 e. The topological polar surface area (TPSA) is 100 Å². The molecule has 0 saturated carbocycles. The van der Waals surface area contributed by atoms with Crippen LogP contribution in [0.3, 0.4) is 0 Å². The molecule has 41 heavy (non-hydrogen) atoms. The summed E-state index contributed by atoms with van der Waals surface area (Å²) in [5, 5.41) is 23.3. The highest BCUT2D eigenvalue weighted by atomic mass is 16.7. The Morgan fingerprint density at radius 3 is 2.49 bits per heavy atom. The third-order valence-electron chi connectivity index (χ3n) is 7.62. The van der Waals surface area contributed by atoms with E-state index in [0.717, 1.165) is 22.3 Å². The molecule has 8 heteroatoms. The lowest BCUT2D eigenvalue weighted by Gasteiger charge is -2.43. The summed E-state index contributed by atoms with van der Waals surface area (Å²) in [4.78, 5) is 14.2. The number of nitrogens with zero attached hydrogens (tertiary/aromatic N) is 1. The molecule has 1 aliphatic heterocycles. The average molecular weight is 561 g/mol. The van der Waals surface area contributed by atoms with E-state index < -0.39 is 18.5 Å². The molecule has 0 aliphatic carbocycles. The van der Waals surface area contributed by atoms with Crippen molar-refractivity contribution in [3.8, 4) is 0 Å². The van der Waals surface area contributed by atoms with Gasteiger partial charge in [-0.25, -0.2) is 4.79 Å². The average Bonchev–Trinajstić information content (AvgIpc) is 3.00. The van der Waals surface area contributed by atoms with Crippen molar-refractivity contribution in [1.29, 1.82) is 0 Å². The van der Waals surface area contributed by atoms with Gasteiger partial charge < -0.3 is 24.4 Å². The van der Waals surface area contributed by atoms with E-state index in [9.17, 15) is 15.0 Å². The minimum absolute atomic E-state index is 0.0232. The summed E-state index contributed by atoms with van der Waals surface area (Å²) >= 11 is 0. The molecule has 3 N–H and O–H groups in total. The second-order valence-electron chi connectivity index (χ2n) is 10.5. The smallest absolute Gasteiger partial charge is 0.411 e. The van der Waals surface area contributed by atoms with Crippen LogP contribution in [0, 0.1) is 5.92 Å². The molecular formula is C33H40N2O6. The monoisotopic (exact) mass is 560 g/mol. The van der Waals surface area contributed by atoms with Crippen LogP contribution in [0.15, 0.2) is 91.5 Å². The van der Waals surface area contributed by atoms with Crippen LogP contribution in [0.4, 0.5) is 10.5 Å². The molecule has 218 valence electrons. The largest absolute Gasteiger partial charge is 0.445 e. The summed E-state index contributed by atoms with van der Waals surface area (Å²) in [6, 6.07) is 24.5. The summed E-state index contributed by atoms with van der Waals surface area (Å²) in [6.07, 6.45) is -0.951. The Kier molecular flexibility index (Phi) is 10.7. The normalized spacial score (nSPS) is 22.1. The van der Waals surface area contributed by atoms with E-state index in [1.54, 1.807) is 6.07 Å². The van der Waals surface area contributed by atoms with Crippen molar-refractivity contribution in [3.63, 3.8) is 0 Å². The van der Waals surface area contributed by atoms with Gasteiger partial charge in [-0.2, -0.15) is 0 Å². The molecule has 0 radical (unpaired) electrons. The van der Waals surface area contributed by atoms with Crippen LogP contribution in [-0.4, -0.2) is 53.6 Å². The van der Waals surface area contributed by atoms with E-state index in [1.165, 1.54) is 6.08 Å². The Hall–Kier alpha value is -3.53. The molecule has 4 rings (SSSR count). The van der Waals surface area contributed by atoms with E-state index in [1.807, 2.05) is 86.8 Å². The summed E-state index contributed by atoms with van der Waals surface area (Å²) in [5.41, 5.74) is 3.98. The number of carbonyl (C=O) groups excluding carboxylic acids is 1. The van der Waals surface area contributed by atoms with Crippen molar-refractivity contribution in [2.75, 3.05) is 25.5 Å². The minimum atomic E-state index is -0.701. The van der Waals surface area contributed by atoms with Gasteiger partial charge in [0.1, 0.15) is 6.61 Å². The predicted molar refractivity (Wildman–Crippen MR) is 158 cm³/mol. The van der Waals surface area contributed by atoms with Crippen LogP contribution >= 0.6 is 0 Å². The number of anilines is 1. The third-order valence-corrected chi connectivity index (χ3v) is 7.62. The van der Waals surface area contributed by atoms with Gasteiger partial charge in [-0.15, -0.1) is 0 Å². The van der Waals surface area contributed by atoms with Gasteiger partial charge in [0.25, 0.3) is 0 Å². The van der Waals surface area contributed by atoms with Crippen LogP contribution in [0.2, 0.25) is 0 Å². The fraction of sp³-hybridized carbons (Fsp3) is 0.364. The van der Waals surface area contributed by atoms with Gasteiger partial charge in [-0.1, -0.05) is 86.3 Å². The van der Waals surface area contributed by atoms with Crippen LogP contribution in [0.25, 0.3) is 0 Å². The first-order valence-electron chi connectivity index (χ1n) is 13.9. The molecule has 0 unspecified atom stereocenters. The summed E-state index contributed by atoms with van der Waals surface area (Å²) in [7, 11) is 1.99. The second kappa shape index (κ2) is 14.4. The molecule has 1 saturated heterocycles. The molecule has 1 amide bonds. The van der Waals surface area contributed by atoms with Crippen molar-refractivity contribution in [1.82, 2.24) is 4.90 Å². The second-order valence-corrected chi connectivity index (χ2v) is 10.5. The van der Waals surface area contributed by atoms with Gasteiger partial charge in [0, 0.05) is 29.8 Å². The Morgan fingerprint density at radius 1 is 1.07 bits per heavy atom. The molecule has 6 atom stereocenters. The van der Waals surface area contributed by atoms with Crippen LogP contribution in [0.1, 0.15) is 54.6 Å². The molecular weight excluding hydrogens is 520 g/mol. The Morgan fingerprint density at radius 2 is 1.80 bits per heavy atom. The SMILES string of the molecule is C=CCOC(=O)Nc1cccc([C@@H]2O[C@H](CN(C)[C@@H](C)[C@H](O)c3ccccc3)[C@H](C)[C@H](c3ccc(CO)cc3)O2)c1. The molecule has 0 bridgehead atoms. The zero-order chi connectivity index (χ0) is 29.4. The van der Waals surface area contributed by atoms with Gasteiger partial charge in [0.05, 0.1) is 24.9 Å². The fourth-order valence-corrected chi connectivity index (χ4v) is 5.00. The Balaban J connectivity index is 1.57. The minimum Gasteiger partial charge on any atom is -0.445 e. The van der Waals surface area contributed by atoms with E-state index in [0.29, 0.717) is 12.2 Å². The Bertz CT molecular complexity index is 1270. The Labute approximate surface area is 242 Å². The number of rotatable bonds is 11. The van der Waals surface area contributed by atoms with E-state index in [4.69, 9.17) is 14.2 Å². The van der Waals surface area contributed by atoms with E-state index >= 15 is 0 Å². The van der Waals surface area contributed by atoms with E-state index in [-0.39, 0.29) is 37.4 Å². The molecule has 8 nitrogen and oxygen atoms in total. The number of hydrogen-bond donors (Lipinski definition) is 3. The zero-order valence-corrected chi connectivity index (χ0v) is 23.9. The van der Waals surface area contributed by atoms with Crippen molar-refractivity contribution >= 4 is 11.8 Å². The van der Waals surface area contributed by atoms with Gasteiger partial charge in [0.15, 0.2) is 6.29 Å². The molecule has 3 aromatic carbocycles. The van der Waals surface area contributed by atoms with Crippen molar-refractivity contribution in [2.24, 2.45) is 5.92 Å². The van der Waals surface area contributed by atoms with Crippen LogP contribution < -0.4 is 5.32 Å².